The minimum Gasteiger partial charge on any atom is -0.465 e. The highest BCUT2D eigenvalue weighted by Gasteiger charge is 2.36. The summed E-state index contributed by atoms with van der Waals surface area (Å²) in [5.74, 6) is -8.73. The smallest absolute Gasteiger partial charge is 0.325 e. The highest BCUT2D eigenvalue weighted by molar-refractivity contribution is 5.75. The number of aromatic nitrogens is 1. The number of hydrogen-bond acceptors (Lipinski definition) is 5. The zero-order chi connectivity index (χ0) is 17.9. The minimum atomic E-state index is -2.92. The Morgan fingerprint density at radius 1 is 1.25 bits per heavy atom. The summed E-state index contributed by atoms with van der Waals surface area (Å²) >= 11 is 0. The molecule has 0 spiro atoms. The van der Waals surface area contributed by atoms with Gasteiger partial charge < -0.3 is 15.0 Å². The van der Waals surface area contributed by atoms with Crippen molar-refractivity contribution in [2.75, 3.05) is 36.5 Å². The normalized spacial score (nSPS) is 16.8. The van der Waals surface area contributed by atoms with Crippen molar-refractivity contribution in [3.8, 4) is 0 Å². The van der Waals surface area contributed by atoms with Crippen molar-refractivity contribution < 1.29 is 31.5 Å². The van der Waals surface area contributed by atoms with Gasteiger partial charge in [0.1, 0.15) is 12.2 Å². The molecule has 0 unspecified atom stereocenters. The number of halogens is 5. The fourth-order valence-corrected chi connectivity index (χ4v) is 2.32. The van der Waals surface area contributed by atoms with Crippen molar-refractivity contribution >= 4 is 17.5 Å². The van der Waals surface area contributed by atoms with Crippen LogP contribution in [0.3, 0.4) is 0 Å². The molecule has 5 nitrogen and oxygen atoms in total. The molecule has 0 aliphatic carbocycles. The third-order valence-electron chi connectivity index (χ3n) is 3.53. The van der Waals surface area contributed by atoms with E-state index < -0.39 is 60.4 Å². The first-order chi connectivity index (χ1) is 11.2. The van der Waals surface area contributed by atoms with Crippen LogP contribution in [0.5, 0.6) is 0 Å². The molecule has 1 fully saturated rings. The molecule has 1 aliphatic rings. The zero-order valence-corrected chi connectivity index (χ0v) is 12.8. The van der Waals surface area contributed by atoms with Crippen molar-refractivity contribution in [1.82, 2.24) is 4.98 Å². The lowest BCUT2D eigenvalue weighted by Crippen LogP contribution is -2.40. The molecule has 24 heavy (non-hydrogen) atoms. The molecule has 0 amide bonds. The van der Waals surface area contributed by atoms with E-state index in [0.717, 1.165) is 4.90 Å². The minimum absolute atomic E-state index is 0.0987. The van der Waals surface area contributed by atoms with E-state index in [2.05, 4.69) is 15.0 Å². The molecule has 0 atom stereocenters. The van der Waals surface area contributed by atoms with Crippen LogP contribution in [-0.4, -0.2) is 43.1 Å². The number of ether oxygens (including phenoxy) is 1. The van der Waals surface area contributed by atoms with E-state index in [1.165, 1.54) is 0 Å². The summed E-state index contributed by atoms with van der Waals surface area (Å²) in [6.07, 6.45) is -1.19. The largest absolute Gasteiger partial charge is 0.465 e. The first kappa shape index (κ1) is 18.2. The van der Waals surface area contributed by atoms with Crippen molar-refractivity contribution in [3.05, 3.63) is 17.6 Å². The second-order valence-electron chi connectivity index (χ2n) is 5.23. The highest BCUT2D eigenvalue weighted by atomic mass is 19.3. The third kappa shape index (κ3) is 4.04. The monoisotopic (exact) mass is 353 g/mol. The van der Waals surface area contributed by atoms with Crippen molar-refractivity contribution in [3.63, 3.8) is 0 Å². The number of pyridine rings is 1. The second kappa shape index (κ2) is 7.18. The maximum atomic E-state index is 14.4. The van der Waals surface area contributed by atoms with Gasteiger partial charge in [-0.2, -0.15) is 13.8 Å². The lowest BCUT2D eigenvalue weighted by molar-refractivity contribution is -0.140. The standard InChI is InChI=1S/C14H16F5N3O2/c1-2-24-8(23)7-20-13-10(16)11(9(15)12(17)21-13)22-5-3-14(18,19)4-6-22/h2-7H2,1H3,(H,20,21). The molecule has 2 heterocycles. The predicted molar refractivity (Wildman–Crippen MR) is 75.6 cm³/mol. The van der Waals surface area contributed by atoms with Crippen LogP contribution in [0, 0.1) is 17.6 Å². The highest BCUT2D eigenvalue weighted by Crippen LogP contribution is 2.35. The molecule has 1 N–H and O–H groups in total. The van der Waals surface area contributed by atoms with Crippen LogP contribution < -0.4 is 10.2 Å². The van der Waals surface area contributed by atoms with Gasteiger partial charge in [0, 0.05) is 25.9 Å². The average molecular weight is 353 g/mol. The molecule has 1 aliphatic heterocycles. The van der Waals surface area contributed by atoms with E-state index >= 15 is 0 Å². The van der Waals surface area contributed by atoms with Crippen molar-refractivity contribution in [2.24, 2.45) is 0 Å². The number of anilines is 2. The number of hydrogen-bond donors (Lipinski definition) is 1. The number of esters is 1. The summed E-state index contributed by atoms with van der Waals surface area (Å²) in [5, 5.41) is 2.22. The Hall–Kier alpha value is -2.13. The van der Waals surface area contributed by atoms with Crippen LogP contribution in [0.1, 0.15) is 19.8 Å². The van der Waals surface area contributed by atoms with E-state index in [9.17, 15) is 26.7 Å². The Kier molecular flexibility index (Phi) is 5.45. The van der Waals surface area contributed by atoms with Crippen molar-refractivity contribution in [1.29, 1.82) is 0 Å². The molecule has 10 heteroatoms. The van der Waals surface area contributed by atoms with E-state index in [1.807, 2.05) is 0 Å². The summed E-state index contributed by atoms with van der Waals surface area (Å²) in [6.45, 7) is 0.504. The molecule has 0 radical (unpaired) electrons. The average Bonchev–Trinajstić information content (AvgIpc) is 2.51. The first-order valence-electron chi connectivity index (χ1n) is 7.32. The molecule has 1 saturated heterocycles. The van der Waals surface area contributed by atoms with Gasteiger partial charge in [-0.1, -0.05) is 0 Å². The molecule has 1 aromatic rings. The fourth-order valence-electron chi connectivity index (χ4n) is 2.32. The number of alkyl halides is 2. The summed E-state index contributed by atoms with van der Waals surface area (Å²) in [6, 6.07) is 0. The van der Waals surface area contributed by atoms with Gasteiger partial charge in [-0.05, 0) is 6.92 Å². The van der Waals surface area contributed by atoms with Gasteiger partial charge in [0.15, 0.2) is 11.6 Å². The summed E-state index contributed by atoms with van der Waals surface area (Å²) in [4.78, 5) is 15.3. The molecule has 0 bridgehead atoms. The number of rotatable bonds is 5. The van der Waals surface area contributed by atoms with Gasteiger partial charge in [-0.25, -0.2) is 13.2 Å². The molecule has 0 saturated carbocycles. The Balaban J connectivity index is 2.23. The maximum absolute atomic E-state index is 14.4. The van der Waals surface area contributed by atoms with Gasteiger partial charge in [0.05, 0.1) is 6.61 Å². The Labute approximate surface area is 134 Å². The number of carbonyl (C=O) groups is 1. The number of piperidine rings is 1. The number of nitrogens with one attached hydrogen (secondary N) is 1. The van der Waals surface area contributed by atoms with Crippen LogP contribution >= 0.6 is 0 Å². The lowest BCUT2D eigenvalue weighted by Gasteiger charge is -2.33. The summed E-state index contributed by atoms with van der Waals surface area (Å²) in [5.41, 5.74) is -0.774. The van der Waals surface area contributed by atoms with E-state index in [0.29, 0.717) is 0 Å². The van der Waals surface area contributed by atoms with Crippen LogP contribution in [0.15, 0.2) is 0 Å². The quantitative estimate of drug-likeness (QED) is 0.501. The second-order valence-corrected chi connectivity index (χ2v) is 5.23. The molecular formula is C14H16F5N3O2. The zero-order valence-electron chi connectivity index (χ0n) is 12.8. The van der Waals surface area contributed by atoms with Gasteiger partial charge in [-0.3, -0.25) is 4.79 Å². The Bertz CT molecular complexity index is 617. The van der Waals surface area contributed by atoms with Gasteiger partial charge in [0.2, 0.25) is 5.82 Å². The third-order valence-corrected chi connectivity index (χ3v) is 3.53. The molecule has 0 aromatic carbocycles. The maximum Gasteiger partial charge on any atom is 0.325 e. The van der Waals surface area contributed by atoms with Crippen LogP contribution in [-0.2, 0) is 9.53 Å². The number of nitrogens with zero attached hydrogens (tertiary/aromatic N) is 2. The Morgan fingerprint density at radius 3 is 2.46 bits per heavy atom. The van der Waals surface area contributed by atoms with Crippen molar-refractivity contribution in [2.45, 2.75) is 25.7 Å². The van der Waals surface area contributed by atoms with E-state index in [1.54, 1.807) is 6.92 Å². The predicted octanol–water partition coefficient (Wildman–Crippen LogP) is 2.71. The molecule has 2 rings (SSSR count). The van der Waals surface area contributed by atoms with Crippen LogP contribution in [0.2, 0.25) is 0 Å². The van der Waals surface area contributed by atoms with E-state index in [-0.39, 0.29) is 19.7 Å². The SMILES string of the molecule is CCOC(=O)CNc1nc(F)c(F)c(N2CCC(F)(F)CC2)c1F. The first-order valence-corrected chi connectivity index (χ1v) is 7.32. The van der Waals surface area contributed by atoms with E-state index in [4.69, 9.17) is 0 Å². The lowest BCUT2D eigenvalue weighted by atomic mass is 10.1. The van der Waals surface area contributed by atoms with Gasteiger partial charge in [-0.15, -0.1) is 0 Å². The summed E-state index contributed by atoms with van der Waals surface area (Å²) in [7, 11) is 0. The molecule has 1 aromatic heterocycles. The Morgan fingerprint density at radius 2 is 1.88 bits per heavy atom. The van der Waals surface area contributed by atoms with Crippen LogP contribution in [0.4, 0.5) is 33.5 Å². The molecule has 134 valence electrons. The fraction of sp³-hybridized carbons (Fsp3) is 0.571. The topological polar surface area (TPSA) is 54.5 Å². The molecular weight excluding hydrogens is 337 g/mol. The summed E-state index contributed by atoms with van der Waals surface area (Å²) < 4.78 is 72.9. The number of carbonyl (C=O) groups excluding carboxylic acids is 1. The van der Waals surface area contributed by atoms with Crippen LogP contribution in [0.25, 0.3) is 0 Å². The van der Waals surface area contributed by atoms with Gasteiger partial charge in [0.25, 0.3) is 11.9 Å². The van der Waals surface area contributed by atoms with Gasteiger partial charge >= 0.3 is 5.97 Å².